The summed E-state index contributed by atoms with van der Waals surface area (Å²) in [5.41, 5.74) is 0.959. The third kappa shape index (κ3) is 14.3. The Labute approximate surface area is 190 Å². The van der Waals surface area contributed by atoms with E-state index in [0.29, 0.717) is 0 Å². The Balaban J connectivity index is 2.14. The van der Waals surface area contributed by atoms with E-state index < -0.39 is 12.7 Å². The van der Waals surface area contributed by atoms with Crippen molar-refractivity contribution < 1.29 is 19.7 Å². The standard InChI is InChI=1S/C27H46O4/c1-2-3-4-5-6-7-8-9-10-11-12-13-14-18-21-26(24-19-16-15-17-20-24)27(30)31-23-25(29)22-28/h15-17,19-20,25-26,28-29H,2-14,18,21-23H2,1H3. The number of hydrogen-bond acceptors (Lipinski definition) is 4. The number of carbonyl (C=O) groups is 1. The van der Waals surface area contributed by atoms with Gasteiger partial charge in [0.25, 0.3) is 0 Å². The third-order valence-electron chi connectivity index (χ3n) is 5.96. The van der Waals surface area contributed by atoms with Crippen LogP contribution in [0, 0.1) is 0 Å². The van der Waals surface area contributed by atoms with E-state index in [4.69, 9.17) is 9.84 Å². The minimum atomic E-state index is -1.01. The van der Waals surface area contributed by atoms with Crippen LogP contribution in [0.15, 0.2) is 30.3 Å². The predicted octanol–water partition coefficient (Wildman–Crippen LogP) is 6.54. The zero-order valence-corrected chi connectivity index (χ0v) is 19.8. The molecule has 1 rings (SSSR count). The molecule has 2 unspecified atom stereocenters. The number of carbonyl (C=O) groups excluding carboxylic acids is 1. The molecule has 178 valence electrons. The molecule has 0 fully saturated rings. The Hall–Kier alpha value is -1.39. The van der Waals surface area contributed by atoms with E-state index in [1.807, 2.05) is 30.3 Å². The van der Waals surface area contributed by atoms with Crippen molar-refractivity contribution in [3.63, 3.8) is 0 Å². The van der Waals surface area contributed by atoms with Crippen molar-refractivity contribution in [1.29, 1.82) is 0 Å². The van der Waals surface area contributed by atoms with Crippen LogP contribution in [0.2, 0.25) is 0 Å². The van der Waals surface area contributed by atoms with Gasteiger partial charge in [-0.1, -0.05) is 127 Å². The van der Waals surface area contributed by atoms with Crippen molar-refractivity contribution in [2.45, 2.75) is 115 Å². The van der Waals surface area contributed by atoms with Crippen LogP contribution >= 0.6 is 0 Å². The number of unbranched alkanes of at least 4 members (excludes halogenated alkanes) is 13. The Kier molecular flexibility index (Phi) is 17.2. The molecule has 0 amide bonds. The Morgan fingerprint density at radius 2 is 1.29 bits per heavy atom. The Bertz CT molecular complexity index is 531. The quantitative estimate of drug-likeness (QED) is 0.181. The number of rotatable bonds is 20. The normalized spacial score (nSPS) is 13.1. The lowest BCUT2D eigenvalue weighted by molar-refractivity contribution is -0.149. The second kappa shape index (κ2) is 19.3. The van der Waals surface area contributed by atoms with Crippen LogP contribution in [0.1, 0.15) is 115 Å². The number of ether oxygens (including phenoxy) is 1. The summed E-state index contributed by atoms with van der Waals surface area (Å²) < 4.78 is 5.23. The lowest BCUT2D eigenvalue weighted by Gasteiger charge is -2.17. The molecule has 2 atom stereocenters. The first kappa shape index (κ1) is 27.6. The molecule has 2 N–H and O–H groups in total. The number of hydrogen-bond donors (Lipinski definition) is 2. The second-order valence-corrected chi connectivity index (χ2v) is 8.81. The maximum absolute atomic E-state index is 12.5. The van der Waals surface area contributed by atoms with Crippen LogP contribution in [0.25, 0.3) is 0 Å². The van der Waals surface area contributed by atoms with Crippen LogP contribution in [-0.4, -0.2) is 35.5 Å². The molecule has 1 aromatic rings. The Morgan fingerprint density at radius 1 is 0.806 bits per heavy atom. The largest absolute Gasteiger partial charge is 0.462 e. The van der Waals surface area contributed by atoms with Gasteiger partial charge in [-0.2, -0.15) is 0 Å². The lowest BCUT2D eigenvalue weighted by Crippen LogP contribution is -2.25. The highest BCUT2D eigenvalue weighted by atomic mass is 16.5. The van der Waals surface area contributed by atoms with Gasteiger partial charge in [0.1, 0.15) is 12.7 Å². The van der Waals surface area contributed by atoms with E-state index in [9.17, 15) is 9.90 Å². The third-order valence-corrected chi connectivity index (χ3v) is 5.96. The van der Waals surface area contributed by atoms with Crippen molar-refractivity contribution in [3.05, 3.63) is 35.9 Å². The molecule has 0 aliphatic carbocycles. The Morgan fingerprint density at radius 3 is 1.77 bits per heavy atom. The maximum Gasteiger partial charge on any atom is 0.313 e. The van der Waals surface area contributed by atoms with E-state index in [-0.39, 0.29) is 18.5 Å². The summed E-state index contributed by atoms with van der Waals surface area (Å²) in [5, 5.41) is 18.3. The molecule has 0 heterocycles. The highest BCUT2D eigenvalue weighted by Gasteiger charge is 2.22. The van der Waals surface area contributed by atoms with Crippen LogP contribution in [0.4, 0.5) is 0 Å². The molecule has 0 aromatic heterocycles. The SMILES string of the molecule is CCCCCCCCCCCCCCCCC(C(=O)OCC(O)CO)c1ccccc1. The van der Waals surface area contributed by atoms with Crippen molar-refractivity contribution in [2.24, 2.45) is 0 Å². The summed E-state index contributed by atoms with van der Waals surface area (Å²) >= 11 is 0. The summed E-state index contributed by atoms with van der Waals surface area (Å²) in [6.07, 6.45) is 18.1. The van der Waals surface area contributed by atoms with Gasteiger partial charge >= 0.3 is 5.97 Å². The molecule has 0 saturated carbocycles. The van der Waals surface area contributed by atoms with Crippen molar-refractivity contribution in [3.8, 4) is 0 Å². The first-order chi connectivity index (χ1) is 15.2. The lowest BCUT2D eigenvalue weighted by atomic mass is 9.93. The summed E-state index contributed by atoms with van der Waals surface area (Å²) in [5.74, 6) is -0.613. The molecule has 0 radical (unpaired) electrons. The van der Waals surface area contributed by atoms with Gasteiger partial charge in [-0.3, -0.25) is 4.79 Å². The first-order valence-electron chi connectivity index (χ1n) is 12.7. The predicted molar refractivity (Wildman–Crippen MR) is 128 cm³/mol. The van der Waals surface area contributed by atoms with Gasteiger partial charge in [-0.15, -0.1) is 0 Å². The summed E-state index contributed by atoms with van der Waals surface area (Å²) in [6, 6.07) is 9.72. The monoisotopic (exact) mass is 434 g/mol. The molecule has 4 nitrogen and oxygen atoms in total. The van der Waals surface area contributed by atoms with Gasteiger partial charge < -0.3 is 14.9 Å². The van der Waals surface area contributed by atoms with Crippen LogP contribution < -0.4 is 0 Å². The van der Waals surface area contributed by atoms with Crippen molar-refractivity contribution >= 4 is 5.97 Å². The van der Waals surface area contributed by atoms with Gasteiger partial charge in [0.15, 0.2) is 0 Å². The van der Waals surface area contributed by atoms with E-state index in [2.05, 4.69) is 6.92 Å². The zero-order valence-electron chi connectivity index (χ0n) is 19.8. The number of benzene rings is 1. The average Bonchev–Trinajstić information content (AvgIpc) is 2.80. The van der Waals surface area contributed by atoms with Crippen LogP contribution in [-0.2, 0) is 9.53 Å². The zero-order chi connectivity index (χ0) is 22.6. The highest BCUT2D eigenvalue weighted by molar-refractivity contribution is 5.78. The maximum atomic E-state index is 12.5. The van der Waals surface area contributed by atoms with E-state index >= 15 is 0 Å². The fraction of sp³-hybridized carbons (Fsp3) is 0.741. The first-order valence-corrected chi connectivity index (χ1v) is 12.7. The van der Waals surface area contributed by atoms with E-state index in [1.54, 1.807) is 0 Å². The summed E-state index contributed by atoms with van der Waals surface area (Å²) in [7, 11) is 0. The average molecular weight is 435 g/mol. The topological polar surface area (TPSA) is 66.8 Å². The fourth-order valence-electron chi connectivity index (χ4n) is 3.98. The van der Waals surface area contributed by atoms with Gasteiger partial charge in [-0.05, 0) is 12.0 Å². The second-order valence-electron chi connectivity index (χ2n) is 8.81. The summed E-state index contributed by atoms with van der Waals surface area (Å²) in [6.45, 7) is 1.71. The van der Waals surface area contributed by atoms with E-state index in [1.165, 1.54) is 77.0 Å². The van der Waals surface area contributed by atoms with Crippen LogP contribution in [0.3, 0.4) is 0 Å². The summed E-state index contributed by atoms with van der Waals surface area (Å²) in [4.78, 5) is 12.5. The van der Waals surface area contributed by atoms with Crippen LogP contribution in [0.5, 0.6) is 0 Å². The van der Waals surface area contributed by atoms with Gasteiger partial charge in [0, 0.05) is 0 Å². The molecule has 0 bridgehead atoms. The molecule has 0 spiro atoms. The highest BCUT2D eigenvalue weighted by Crippen LogP contribution is 2.24. The van der Waals surface area contributed by atoms with Gasteiger partial charge in [0.2, 0.25) is 0 Å². The molecule has 31 heavy (non-hydrogen) atoms. The minimum Gasteiger partial charge on any atom is -0.462 e. The molecule has 0 aliphatic heterocycles. The molecular formula is C27H46O4. The number of esters is 1. The van der Waals surface area contributed by atoms with Gasteiger partial charge in [0.05, 0.1) is 12.5 Å². The molecule has 4 heteroatoms. The molecule has 0 aliphatic rings. The molecule has 0 saturated heterocycles. The van der Waals surface area contributed by atoms with E-state index in [0.717, 1.165) is 24.8 Å². The van der Waals surface area contributed by atoms with Gasteiger partial charge in [-0.25, -0.2) is 0 Å². The minimum absolute atomic E-state index is 0.155. The smallest absolute Gasteiger partial charge is 0.313 e. The van der Waals surface area contributed by atoms with Crippen molar-refractivity contribution in [2.75, 3.05) is 13.2 Å². The fourth-order valence-corrected chi connectivity index (χ4v) is 3.98. The number of aliphatic hydroxyl groups excluding tert-OH is 2. The molecule has 1 aromatic carbocycles. The number of aliphatic hydroxyl groups is 2. The van der Waals surface area contributed by atoms with Crippen molar-refractivity contribution in [1.82, 2.24) is 0 Å². The molecular weight excluding hydrogens is 388 g/mol.